The minimum Gasteiger partial charge on any atom is -0.496 e. The molecule has 152 valence electrons. The van der Waals surface area contributed by atoms with Gasteiger partial charge in [0.05, 0.1) is 13.2 Å². The second-order valence-electron chi connectivity index (χ2n) is 7.15. The molecule has 2 atom stereocenters. The monoisotopic (exact) mass is 391 g/mol. The first-order valence-corrected chi connectivity index (χ1v) is 9.96. The van der Waals surface area contributed by atoms with Crippen LogP contribution in [0.3, 0.4) is 0 Å². The number of para-hydroxylation sites is 2. The third-order valence-electron chi connectivity index (χ3n) is 4.89. The van der Waals surface area contributed by atoms with Gasteiger partial charge in [0.1, 0.15) is 18.1 Å². The third kappa shape index (κ3) is 6.08. The van der Waals surface area contributed by atoms with Gasteiger partial charge in [0.25, 0.3) is 0 Å². The van der Waals surface area contributed by atoms with Gasteiger partial charge in [-0.15, -0.1) is 0 Å². The van der Waals surface area contributed by atoms with Crippen LogP contribution in [0.2, 0.25) is 0 Å². The van der Waals surface area contributed by atoms with E-state index in [9.17, 15) is 5.11 Å². The van der Waals surface area contributed by atoms with E-state index in [1.54, 1.807) is 7.11 Å². The van der Waals surface area contributed by atoms with Crippen LogP contribution in [0, 0.1) is 0 Å². The molecule has 0 bridgehead atoms. The van der Waals surface area contributed by atoms with E-state index in [1.807, 2.05) is 72.8 Å². The lowest BCUT2D eigenvalue weighted by molar-refractivity contribution is 0.163. The van der Waals surface area contributed by atoms with E-state index in [4.69, 9.17) is 9.47 Å². The van der Waals surface area contributed by atoms with Gasteiger partial charge in [0, 0.05) is 18.2 Å². The number of hydrogen-bond acceptors (Lipinski definition) is 4. The van der Waals surface area contributed by atoms with Gasteiger partial charge in [-0.05, 0) is 36.6 Å². The number of hydrogen-bond donors (Lipinski definition) is 2. The molecule has 0 spiro atoms. The fraction of sp³-hybridized carbons (Fsp3) is 0.280. The SMILES string of the molecule is COc1ccccc1CC(C)NCC(O)c1ccccc1OCc1ccccc1. The molecule has 29 heavy (non-hydrogen) atoms. The molecule has 0 aliphatic rings. The van der Waals surface area contributed by atoms with Crippen molar-refractivity contribution in [2.24, 2.45) is 0 Å². The lowest BCUT2D eigenvalue weighted by atomic mass is 10.0. The molecular formula is C25H29NO3. The first-order chi connectivity index (χ1) is 14.2. The van der Waals surface area contributed by atoms with Crippen LogP contribution in [0.25, 0.3) is 0 Å². The Hall–Kier alpha value is -2.82. The minimum atomic E-state index is -0.651. The highest BCUT2D eigenvalue weighted by Gasteiger charge is 2.15. The van der Waals surface area contributed by atoms with Gasteiger partial charge < -0.3 is 19.9 Å². The Labute approximate surface area is 173 Å². The molecule has 0 aliphatic carbocycles. The molecule has 3 aromatic carbocycles. The molecule has 2 N–H and O–H groups in total. The summed E-state index contributed by atoms with van der Waals surface area (Å²) in [5.74, 6) is 1.60. The molecule has 0 fully saturated rings. The largest absolute Gasteiger partial charge is 0.496 e. The van der Waals surface area contributed by atoms with E-state index < -0.39 is 6.10 Å². The van der Waals surface area contributed by atoms with Crippen molar-refractivity contribution in [3.05, 3.63) is 95.6 Å². The molecule has 0 aromatic heterocycles. The topological polar surface area (TPSA) is 50.7 Å². The number of nitrogens with one attached hydrogen (secondary N) is 1. The third-order valence-corrected chi connectivity index (χ3v) is 4.89. The summed E-state index contributed by atoms with van der Waals surface area (Å²) >= 11 is 0. The van der Waals surface area contributed by atoms with E-state index in [0.29, 0.717) is 18.9 Å². The summed E-state index contributed by atoms with van der Waals surface area (Å²) < 4.78 is 11.4. The molecule has 2 unspecified atom stereocenters. The lowest BCUT2D eigenvalue weighted by Crippen LogP contribution is -2.32. The van der Waals surface area contributed by atoms with Crippen LogP contribution < -0.4 is 14.8 Å². The van der Waals surface area contributed by atoms with Crippen molar-refractivity contribution in [3.8, 4) is 11.5 Å². The fourth-order valence-electron chi connectivity index (χ4n) is 3.32. The molecular weight excluding hydrogens is 362 g/mol. The van der Waals surface area contributed by atoms with Crippen LogP contribution in [-0.2, 0) is 13.0 Å². The number of aliphatic hydroxyl groups excluding tert-OH is 1. The van der Waals surface area contributed by atoms with Crippen LogP contribution in [-0.4, -0.2) is 24.8 Å². The van der Waals surface area contributed by atoms with Gasteiger partial charge in [0.2, 0.25) is 0 Å². The van der Waals surface area contributed by atoms with Gasteiger partial charge >= 0.3 is 0 Å². The summed E-state index contributed by atoms with van der Waals surface area (Å²) in [6.45, 7) is 3.03. The zero-order valence-corrected chi connectivity index (χ0v) is 17.0. The predicted molar refractivity (Wildman–Crippen MR) is 116 cm³/mol. The maximum absolute atomic E-state index is 10.7. The van der Waals surface area contributed by atoms with Gasteiger partial charge in [-0.3, -0.25) is 0 Å². The molecule has 0 saturated carbocycles. The Morgan fingerprint density at radius 2 is 1.52 bits per heavy atom. The van der Waals surface area contributed by atoms with Crippen LogP contribution >= 0.6 is 0 Å². The number of rotatable bonds is 10. The number of benzene rings is 3. The zero-order chi connectivity index (χ0) is 20.5. The summed E-state index contributed by atoms with van der Waals surface area (Å²) in [6, 6.07) is 25.9. The molecule has 3 aromatic rings. The summed E-state index contributed by atoms with van der Waals surface area (Å²) in [5.41, 5.74) is 3.04. The van der Waals surface area contributed by atoms with Crippen LogP contribution in [0.4, 0.5) is 0 Å². The Bertz CT molecular complexity index is 882. The zero-order valence-electron chi connectivity index (χ0n) is 17.0. The van der Waals surface area contributed by atoms with Gasteiger partial charge in [-0.2, -0.15) is 0 Å². The van der Waals surface area contributed by atoms with Crippen LogP contribution in [0.15, 0.2) is 78.9 Å². The average Bonchev–Trinajstić information content (AvgIpc) is 2.77. The molecule has 0 amide bonds. The Balaban J connectivity index is 1.57. The molecule has 0 aliphatic heterocycles. The first kappa shape index (κ1) is 20.9. The van der Waals surface area contributed by atoms with E-state index in [0.717, 1.165) is 28.9 Å². The van der Waals surface area contributed by atoms with E-state index in [-0.39, 0.29) is 6.04 Å². The predicted octanol–water partition coefficient (Wildman–Crippen LogP) is 4.53. The minimum absolute atomic E-state index is 0.193. The van der Waals surface area contributed by atoms with Gasteiger partial charge in [-0.1, -0.05) is 66.7 Å². The smallest absolute Gasteiger partial charge is 0.125 e. The average molecular weight is 392 g/mol. The van der Waals surface area contributed by atoms with E-state index in [2.05, 4.69) is 18.3 Å². The summed E-state index contributed by atoms with van der Waals surface area (Å²) in [7, 11) is 1.69. The van der Waals surface area contributed by atoms with Crippen molar-refractivity contribution in [1.29, 1.82) is 0 Å². The highest BCUT2D eigenvalue weighted by molar-refractivity contribution is 5.36. The standard InChI is InChI=1S/C25H29NO3/c1-19(16-21-12-6-8-14-24(21)28-2)26-17-23(27)22-13-7-9-15-25(22)29-18-20-10-4-3-5-11-20/h3-15,19,23,26-27H,16-18H2,1-2H3. The van der Waals surface area contributed by atoms with Crippen molar-refractivity contribution in [2.75, 3.05) is 13.7 Å². The Morgan fingerprint density at radius 1 is 0.862 bits per heavy atom. The second kappa shape index (κ2) is 10.6. The van der Waals surface area contributed by atoms with Crippen LogP contribution in [0.1, 0.15) is 29.7 Å². The molecule has 0 radical (unpaired) electrons. The lowest BCUT2D eigenvalue weighted by Gasteiger charge is -2.20. The van der Waals surface area contributed by atoms with Crippen molar-refractivity contribution in [1.82, 2.24) is 5.32 Å². The summed E-state index contributed by atoms with van der Waals surface area (Å²) in [4.78, 5) is 0. The van der Waals surface area contributed by atoms with Crippen LogP contribution in [0.5, 0.6) is 11.5 Å². The van der Waals surface area contributed by atoms with E-state index in [1.165, 1.54) is 0 Å². The number of methoxy groups -OCH3 is 1. The first-order valence-electron chi connectivity index (χ1n) is 9.96. The van der Waals surface area contributed by atoms with E-state index >= 15 is 0 Å². The summed E-state index contributed by atoms with van der Waals surface area (Å²) in [5, 5.41) is 14.2. The normalized spacial score (nSPS) is 12.9. The molecule has 0 saturated heterocycles. The maximum atomic E-state index is 10.7. The molecule has 4 heteroatoms. The maximum Gasteiger partial charge on any atom is 0.125 e. The van der Waals surface area contributed by atoms with Crippen molar-refractivity contribution in [2.45, 2.75) is 32.1 Å². The quantitative estimate of drug-likeness (QED) is 0.533. The summed E-state index contributed by atoms with van der Waals surface area (Å²) in [6.07, 6.45) is 0.171. The van der Waals surface area contributed by atoms with Crippen molar-refractivity contribution < 1.29 is 14.6 Å². The molecule has 0 heterocycles. The second-order valence-corrected chi connectivity index (χ2v) is 7.15. The van der Waals surface area contributed by atoms with Crippen molar-refractivity contribution in [3.63, 3.8) is 0 Å². The Kier molecular flexibility index (Phi) is 7.68. The Morgan fingerprint density at radius 3 is 2.28 bits per heavy atom. The van der Waals surface area contributed by atoms with Gasteiger partial charge in [0.15, 0.2) is 0 Å². The number of aliphatic hydroxyl groups is 1. The highest BCUT2D eigenvalue weighted by atomic mass is 16.5. The number of ether oxygens (including phenoxy) is 2. The van der Waals surface area contributed by atoms with Crippen molar-refractivity contribution >= 4 is 0 Å². The highest BCUT2D eigenvalue weighted by Crippen LogP contribution is 2.26. The molecule has 4 nitrogen and oxygen atoms in total. The fourth-order valence-corrected chi connectivity index (χ4v) is 3.32. The molecule has 3 rings (SSSR count). The van der Waals surface area contributed by atoms with Gasteiger partial charge in [-0.25, -0.2) is 0 Å².